The van der Waals surface area contributed by atoms with Crippen molar-refractivity contribution in [1.82, 2.24) is 15.0 Å². The molecule has 140 valence electrons. The molecule has 0 fully saturated rings. The molecule has 0 aliphatic heterocycles. The highest BCUT2D eigenvalue weighted by molar-refractivity contribution is 7.88. The Hall–Kier alpha value is -2.97. The average molecular weight is 385 g/mol. The Kier molecular flexibility index (Phi) is 5.38. The first-order chi connectivity index (χ1) is 12.9. The van der Waals surface area contributed by atoms with Crippen LogP contribution in [0.25, 0.3) is 10.8 Å². The van der Waals surface area contributed by atoms with Crippen molar-refractivity contribution in [3.05, 3.63) is 81.8 Å². The molecule has 3 rings (SSSR count). The summed E-state index contributed by atoms with van der Waals surface area (Å²) in [5, 5.41) is 3.97. The number of benzene rings is 2. The molecule has 8 heteroatoms. The van der Waals surface area contributed by atoms with Crippen molar-refractivity contribution >= 4 is 26.7 Å². The van der Waals surface area contributed by atoms with E-state index in [1.807, 2.05) is 0 Å². The summed E-state index contributed by atoms with van der Waals surface area (Å²) in [5.74, 6) is -0.492. The molecule has 27 heavy (non-hydrogen) atoms. The van der Waals surface area contributed by atoms with E-state index >= 15 is 0 Å². The van der Waals surface area contributed by atoms with Gasteiger partial charge in [0, 0.05) is 11.9 Å². The monoisotopic (exact) mass is 385 g/mol. The van der Waals surface area contributed by atoms with Crippen LogP contribution in [0.15, 0.2) is 59.4 Å². The summed E-state index contributed by atoms with van der Waals surface area (Å²) >= 11 is 0. The fraction of sp³-hybridized carbons (Fsp3) is 0.158. The van der Waals surface area contributed by atoms with Gasteiger partial charge in [-0.3, -0.25) is 9.59 Å². The fourth-order valence-electron chi connectivity index (χ4n) is 2.66. The zero-order valence-electron chi connectivity index (χ0n) is 14.7. The van der Waals surface area contributed by atoms with Gasteiger partial charge in [0.2, 0.25) is 10.0 Å². The van der Waals surface area contributed by atoms with Crippen molar-refractivity contribution in [2.75, 3.05) is 7.05 Å². The molecule has 0 spiro atoms. The Morgan fingerprint density at radius 2 is 1.70 bits per heavy atom. The zero-order chi connectivity index (χ0) is 19.4. The Labute approximate surface area is 156 Å². The number of carbonyl (C=O) groups is 1. The van der Waals surface area contributed by atoms with E-state index in [4.69, 9.17) is 0 Å². The lowest BCUT2D eigenvalue weighted by Crippen LogP contribution is -2.26. The lowest BCUT2D eigenvalue weighted by Gasteiger charge is -2.08. The molecule has 1 aromatic heterocycles. The molecule has 0 saturated heterocycles. The van der Waals surface area contributed by atoms with E-state index in [1.54, 1.807) is 54.6 Å². The molecular weight excluding hydrogens is 366 g/mol. The van der Waals surface area contributed by atoms with Crippen molar-refractivity contribution in [2.45, 2.75) is 12.3 Å². The van der Waals surface area contributed by atoms with Gasteiger partial charge in [-0.25, -0.2) is 13.1 Å². The maximum Gasteiger partial charge on any atom is 0.268 e. The Morgan fingerprint density at radius 3 is 2.41 bits per heavy atom. The molecule has 0 unspecified atom stereocenters. The highest BCUT2D eigenvalue weighted by atomic mass is 32.2. The third kappa shape index (κ3) is 4.60. The predicted octanol–water partition coefficient (Wildman–Crippen LogP) is 1.51. The number of H-pyrrole nitrogens is 1. The normalized spacial score (nSPS) is 11.4. The molecule has 0 radical (unpaired) electrons. The number of nitrogens with one attached hydrogen (secondary N) is 3. The second-order valence-corrected chi connectivity index (χ2v) is 7.99. The third-order valence-electron chi connectivity index (χ3n) is 4.14. The Bertz CT molecular complexity index is 1140. The smallest absolute Gasteiger partial charge is 0.268 e. The summed E-state index contributed by atoms with van der Waals surface area (Å²) in [7, 11) is -1.95. The van der Waals surface area contributed by atoms with Crippen molar-refractivity contribution < 1.29 is 13.2 Å². The third-order valence-corrected chi connectivity index (χ3v) is 5.48. The lowest BCUT2D eigenvalue weighted by molar-refractivity contribution is 0.0946. The van der Waals surface area contributed by atoms with E-state index in [9.17, 15) is 18.0 Å². The molecule has 1 amide bonds. The summed E-state index contributed by atoms with van der Waals surface area (Å²) in [6.45, 7) is 0.257. The molecule has 1 heterocycles. The standard InChI is InChI=1S/C19H19N3O4S/c1-20-27(25,26)12-14-8-6-13(7-9-14)11-21-19(24)17-10-15-4-2-3-5-16(15)18(23)22-17/h2-10,20H,11-12H2,1H3,(H,21,24)(H,22,23). The maximum atomic E-state index is 12.3. The van der Waals surface area contributed by atoms with Crippen LogP contribution < -0.4 is 15.6 Å². The number of pyridine rings is 1. The van der Waals surface area contributed by atoms with E-state index in [2.05, 4.69) is 15.0 Å². The van der Waals surface area contributed by atoms with E-state index in [1.165, 1.54) is 7.05 Å². The molecule has 0 aliphatic rings. The van der Waals surface area contributed by atoms with Crippen molar-refractivity contribution in [1.29, 1.82) is 0 Å². The number of hydrogen-bond acceptors (Lipinski definition) is 4. The number of fused-ring (bicyclic) bond motifs is 1. The first-order valence-electron chi connectivity index (χ1n) is 8.27. The highest BCUT2D eigenvalue weighted by Gasteiger charge is 2.10. The quantitative estimate of drug-likeness (QED) is 0.598. The number of hydrogen-bond donors (Lipinski definition) is 3. The molecule has 0 bridgehead atoms. The van der Waals surface area contributed by atoms with Gasteiger partial charge in [0.1, 0.15) is 5.69 Å². The largest absolute Gasteiger partial charge is 0.347 e. The summed E-state index contributed by atoms with van der Waals surface area (Å²) < 4.78 is 25.4. The van der Waals surface area contributed by atoms with Gasteiger partial charge in [-0.05, 0) is 35.7 Å². The molecule has 0 saturated carbocycles. The van der Waals surface area contributed by atoms with Gasteiger partial charge in [-0.1, -0.05) is 42.5 Å². The van der Waals surface area contributed by atoms with E-state index in [0.29, 0.717) is 16.3 Å². The Balaban J connectivity index is 1.68. The number of sulfonamides is 1. The van der Waals surface area contributed by atoms with Crippen LogP contribution in [0.4, 0.5) is 0 Å². The zero-order valence-corrected chi connectivity index (χ0v) is 15.5. The van der Waals surface area contributed by atoms with Crippen molar-refractivity contribution in [3.8, 4) is 0 Å². The van der Waals surface area contributed by atoms with Crippen LogP contribution >= 0.6 is 0 Å². The summed E-state index contributed by atoms with van der Waals surface area (Å²) in [6.07, 6.45) is 0. The summed E-state index contributed by atoms with van der Waals surface area (Å²) in [5.41, 5.74) is 1.35. The first-order valence-corrected chi connectivity index (χ1v) is 9.92. The lowest BCUT2D eigenvalue weighted by atomic mass is 10.1. The summed E-state index contributed by atoms with van der Waals surface area (Å²) in [6, 6.07) is 15.6. The minimum Gasteiger partial charge on any atom is -0.347 e. The highest BCUT2D eigenvalue weighted by Crippen LogP contribution is 2.11. The molecule has 3 N–H and O–H groups in total. The van der Waals surface area contributed by atoms with E-state index in [-0.39, 0.29) is 29.5 Å². The van der Waals surface area contributed by atoms with Gasteiger partial charge in [0.15, 0.2) is 0 Å². The van der Waals surface area contributed by atoms with Gasteiger partial charge in [0.25, 0.3) is 11.5 Å². The van der Waals surface area contributed by atoms with E-state index < -0.39 is 10.0 Å². The van der Waals surface area contributed by atoms with Gasteiger partial charge >= 0.3 is 0 Å². The molecule has 0 atom stereocenters. The van der Waals surface area contributed by atoms with Gasteiger partial charge in [-0.15, -0.1) is 0 Å². The number of aromatic amines is 1. The number of rotatable bonds is 6. The summed E-state index contributed by atoms with van der Waals surface area (Å²) in [4.78, 5) is 27.0. The second kappa shape index (κ2) is 7.73. The Morgan fingerprint density at radius 1 is 1.04 bits per heavy atom. The maximum absolute atomic E-state index is 12.3. The number of amides is 1. The van der Waals surface area contributed by atoms with Crippen LogP contribution in [0.1, 0.15) is 21.6 Å². The topological polar surface area (TPSA) is 108 Å². The molecule has 3 aromatic rings. The van der Waals surface area contributed by atoms with Crippen LogP contribution in [0.5, 0.6) is 0 Å². The minimum absolute atomic E-state index is 0.103. The number of carbonyl (C=O) groups excluding carboxylic acids is 1. The van der Waals surface area contributed by atoms with Gasteiger partial charge in [0.05, 0.1) is 5.75 Å². The van der Waals surface area contributed by atoms with Crippen LogP contribution in [0.2, 0.25) is 0 Å². The van der Waals surface area contributed by atoms with E-state index in [0.717, 1.165) is 5.56 Å². The molecule has 2 aromatic carbocycles. The van der Waals surface area contributed by atoms with Crippen molar-refractivity contribution in [2.24, 2.45) is 0 Å². The van der Waals surface area contributed by atoms with Gasteiger partial charge < -0.3 is 10.3 Å². The van der Waals surface area contributed by atoms with Crippen molar-refractivity contribution in [3.63, 3.8) is 0 Å². The minimum atomic E-state index is -3.32. The average Bonchev–Trinajstić information content (AvgIpc) is 2.67. The van der Waals surface area contributed by atoms with Crippen LogP contribution in [-0.4, -0.2) is 26.4 Å². The second-order valence-electron chi connectivity index (χ2n) is 6.06. The fourth-order valence-corrected chi connectivity index (χ4v) is 3.43. The molecule has 7 nitrogen and oxygen atoms in total. The molecule has 0 aliphatic carbocycles. The SMILES string of the molecule is CNS(=O)(=O)Cc1ccc(CNC(=O)c2cc3ccccc3c(=O)[nH]2)cc1. The predicted molar refractivity (Wildman–Crippen MR) is 104 cm³/mol. The van der Waals surface area contributed by atoms with Crippen LogP contribution in [0, 0.1) is 0 Å². The van der Waals surface area contributed by atoms with Crippen LogP contribution in [0.3, 0.4) is 0 Å². The molecular formula is C19H19N3O4S. The van der Waals surface area contributed by atoms with Crippen LogP contribution in [-0.2, 0) is 22.3 Å². The van der Waals surface area contributed by atoms with Gasteiger partial charge in [-0.2, -0.15) is 0 Å². The number of aromatic nitrogens is 1. The first kappa shape index (κ1) is 18.8.